The van der Waals surface area contributed by atoms with Crippen molar-refractivity contribution in [3.05, 3.63) is 35.4 Å². The number of aliphatic hydroxyl groups excluding tert-OH is 1. The Morgan fingerprint density at radius 2 is 2.12 bits per heavy atom. The van der Waals surface area contributed by atoms with Crippen LogP contribution >= 0.6 is 11.3 Å². The molecule has 4 rings (SSSR count). The van der Waals surface area contributed by atoms with E-state index in [1.54, 1.807) is 6.26 Å². The summed E-state index contributed by atoms with van der Waals surface area (Å²) in [6.07, 6.45) is 3.09. The zero-order valence-electron chi connectivity index (χ0n) is 13.1. The van der Waals surface area contributed by atoms with E-state index in [2.05, 4.69) is 19.9 Å². The molecule has 1 saturated heterocycles. The van der Waals surface area contributed by atoms with Crippen LogP contribution in [0.2, 0.25) is 0 Å². The largest absolute Gasteiger partial charge is 0.492 e. The van der Waals surface area contributed by atoms with Gasteiger partial charge in [-0.25, -0.2) is 4.98 Å². The summed E-state index contributed by atoms with van der Waals surface area (Å²) in [5.41, 5.74) is 0. The van der Waals surface area contributed by atoms with E-state index >= 15 is 0 Å². The number of fused-ring (bicyclic) bond motifs is 1. The maximum atomic E-state index is 10.6. The number of rotatable bonds is 5. The first-order chi connectivity index (χ1) is 11.8. The third kappa shape index (κ3) is 2.69. The highest BCUT2D eigenvalue weighted by Crippen LogP contribution is 2.40. The van der Waals surface area contributed by atoms with Crippen LogP contribution in [0.1, 0.15) is 16.7 Å². The lowest BCUT2D eigenvalue weighted by Crippen LogP contribution is -2.48. The van der Waals surface area contributed by atoms with E-state index in [-0.39, 0.29) is 18.5 Å². The molecule has 3 aromatic rings. The number of aromatic hydroxyl groups is 1. The number of hydrogen-bond donors (Lipinski definition) is 2. The van der Waals surface area contributed by atoms with Crippen LogP contribution in [0.15, 0.2) is 29.1 Å². The van der Waals surface area contributed by atoms with E-state index in [1.807, 2.05) is 12.1 Å². The number of hydrogen-bond acceptors (Lipinski definition) is 8. The number of furan rings is 1. The van der Waals surface area contributed by atoms with Gasteiger partial charge >= 0.3 is 0 Å². The first-order valence-electron chi connectivity index (χ1n) is 7.90. The van der Waals surface area contributed by atoms with Crippen molar-refractivity contribution in [2.24, 2.45) is 0 Å². The normalized spacial score (nSPS) is 18.4. The fraction of sp³-hybridized carbons (Fsp3) is 0.467. The molecule has 0 amide bonds. The molecule has 3 aromatic heterocycles. The minimum atomic E-state index is -0.162. The minimum Gasteiger partial charge on any atom is -0.492 e. The van der Waals surface area contributed by atoms with E-state index in [0.717, 1.165) is 36.8 Å². The average Bonchev–Trinajstić information content (AvgIpc) is 3.31. The SMILES string of the molecule is OCCN1CCN([C@H](c2ccco2)c2sc3ncnn3c2O)CC1. The lowest BCUT2D eigenvalue weighted by atomic mass is 10.1. The third-order valence-corrected chi connectivity index (χ3v) is 5.47. The second-order valence-corrected chi connectivity index (χ2v) is 6.77. The van der Waals surface area contributed by atoms with Gasteiger partial charge in [-0.05, 0) is 12.1 Å². The van der Waals surface area contributed by atoms with Crippen molar-refractivity contribution in [2.75, 3.05) is 39.3 Å². The predicted molar refractivity (Wildman–Crippen MR) is 88.2 cm³/mol. The number of piperazine rings is 1. The van der Waals surface area contributed by atoms with Gasteiger partial charge in [0, 0.05) is 32.7 Å². The van der Waals surface area contributed by atoms with Crippen molar-refractivity contribution in [3.8, 4) is 5.88 Å². The standard InChI is InChI=1S/C15H19N5O3S/c21-8-7-18-3-5-19(6-4-18)12(11-2-1-9-23-11)13-14(22)20-15(24-13)16-10-17-20/h1-2,9-10,12,21-22H,3-8H2/t12-/m1/s1. The molecule has 0 bridgehead atoms. The van der Waals surface area contributed by atoms with Crippen molar-refractivity contribution in [3.63, 3.8) is 0 Å². The Balaban J connectivity index is 1.66. The molecule has 1 atom stereocenters. The van der Waals surface area contributed by atoms with Crippen molar-refractivity contribution in [1.29, 1.82) is 0 Å². The van der Waals surface area contributed by atoms with Crippen LogP contribution in [0.3, 0.4) is 0 Å². The Morgan fingerprint density at radius 1 is 1.29 bits per heavy atom. The third-order valence-electron chi connectivity index (χ3n) is 4.39. The van der Waals surface area contributed by atoms with Gasteiger partial charge in [0.15, 0.2) is 0 Å². The van der Waals surface area contributed by atoms with Gasteiger partial charge < -0.3 is 14.6 Å². The van der Waals surface area contributed by atoms with E-state index in [9.17, 15) is 5.11 Å². The van der Waals surface area contributed by atoms with Crippen LogP contribution in [0, 0.1) is 0 Å². The van der Waals surface area contributed by atoms with Gasteiger partial charge in [0.05, 0.1) is 17.7 Å². The maximum Gasteiger partial charge on any atom is 0.230 e. The van der Waals surface area contributed by atoms with E-state index in [1.165, 1.54) is 22.2 Å². The minimum absolute atomic E-state index is 0.117. The second kappa shape index (κ2) is 6.52. The fourth-order valence-corrected chi connectivity index (χ4v) is 4.25. The topological polar surface area (TPSA) is 90.3 Å². The Kier molecular flexibility index (Phi) is 4.23. The Labute approximate surface area is 142 Å². The summed E-state index contributed by atoms with van der Waals surface area (Å²) in [6.45, 7) is 4.28. The summed E-state index contributed by atoms with van der Waals surface area (Å²) in [6, 6.07) is 3.63. The molecule has 1 aliphatic heterocycles. The summed E-state index contributed by atoms with van der Waals surface area (Å²) in [7, 11) is 0. The Hall–Kier alpha value is -1.94. The first kappa shape index (κ1) is 15.6. The molecule has 1 fully saturated rings. The zero-order chi connectivity index (χ0) is 16.5. The van der Waals surface area contributed by atoms with Crippen molar-refractivity contribution < 1.29 is 14.6 Å². The van der Waals surface area contributed by atoms with E-state index < -0.39 is 0 Å². The molecule has 9 heteroatoms. The van der Waals surface area contributed by atoms with Crippen LogP contribution < -0.4 is 0 Å². The maximum absolute atomic E-state index is 10.6. The fourth-order valence-electron chi connectivity index (χ4n) is 3.18. The van der Waals surface area contributed by atoms with Crippen LogP contribution in [0.4, 0.5) is 0 Å². The van der Waals surface area contributed by atoms with E-state index in [0.29, 0.717) is 11.5 Å². The molecule has 0 aromatic carbocycles. The molecular weight excluding hydrogens is 330 g/mol. The van der Waals surface area contributed by atoms with Crippen LogP contribution in [0.25, 0.3) is 4.96 Å². The van der Waals surface area contributed by atoms with Gasteiger partial charge in [0.25, 0.3) is 0 Å². The highest BCUT2D eigenvalue weighted by molar-refractivity contribution is 7.17. The Morgan fingerprint density at radius 3 is 2.79 bits per heavy atom. The van der Waals surface area contributed by atoms with Crippen LogP contribution in [-0.2, 0) is 0 Å². The van der Waals surface area contributed by atoms with Crippen LogP contribution in [0.5, 0.6) is 5.88 Å². The van der Waals surface area contributed by atoms with Crippen molar-refractivity contribution in [1.82, 2.24) is 24.4 Å². The van der Waals surface area contributed by atoms with Gasteiger partial charge in [-0.2, -0.15) is 9.61 Å². The lowest BCUT2D eigenvalue weighted by Gasteiger charge is -2.37. The summed E-state index contributed by atoms with van der Waals surface area (Å²) >= 11 is 1.43. The molecule has 0 radical (unpaired) electrons. The monoisotopic (exact) mass is 349 g/mol. The molecule has 2 N–H and O–H groups in total. The Bertz CT molecular complexity index is 791. The smallest absolute Gasteiger partial charge is 0.230 e. The van der Waals surface area contributed by atoms with Crippen molar-refractivity contribution in [2.45, 2.75) is 6.04 Å². The van der Waals surface area contributed by atoms with Gasteiger partial charge in [-0.3, -0.25) is 9.80 Å². The summed E-state index contributed by atoms with van der Waals surface area (Å²) in [4.78, 5) is 10.1. The summed E-state index contributed by atoms with van der Waals surface area (Å²) < 4.78 is 7.11. The van der Waals surface area contributed by atoms with Gasteiger partial charge in [-0.1, -0.05) is 11.3 Å². The highest BCUT2D eigenvalue weighted by atomic mass is 32.1. The second-order valence-electron chi connectivity index (χ2n) is 5.76. The number of aliphatic hydroxyl groups is 1. The molecule has 8 nitrogen and oxygen atoms in total. The van der Waals surface area contributed by atoms with Gasteiger partial charge in [-0.15, -0.1) is 0 Å². The quantitative estimate of drug-likeness (QED) is 0.704. The van der Waals surface area contributed by atoms with E-state index in [4.69, 9.17) is 9.52 Å². The predicted octanol–water partition coefficient (Wildman–Crippen LogP) is 0.789. The molecule has 4 heterocycles. The molecule has 0 unspecified atom stereocenters. The first-order valence-corrected chi connectivity index (χ1v) is 8.71. The molecule has 128 valence electrons. The van der Waals surface area contributed by atoms with Gasteiger partial charge in [0.2, 0.25) is 10.8 Å². The summed E-state index contributed by atoms with van der Waals surface area (Å²) in [5, 5.41) is 23.7. The van der Waals surface area contributed by atoms with Crippen LogP contribution in [-0.4, -0.2) is 73.9 Å². The molecular formula is C15H19N5O3S. The zero-order valence-corrected chi connectivity index (χ0v) is 13.9. The van der Waals surface area contributed by atoms with Crippen molar-refractivity contribution >= 4 is 16.3 Å². The number of nitrogens with zero attached hydrogens (tertiary/aromatic N) is 5. The molecule has 0 spiro atoms. The lowest BCUT2D eigenvalue weighted by molar-refractivity contribution is 0.0883. The number of β-amino-alcohol motifs (C(OH)–C–C–N with tert-alkyl or cyclic N) is 1. The highest BCUT2D eigenvalue weighted by Gasteiger charge is 2.32. The molecule has 0 saturated carbocycles. The molecule has 24 heavy (non-hydrogen) atoms. The number of aromatic nitrogens is 3. The average molecular weight is 349 g/mol. The van der Waals surface area contributed by atoms with Gasteiger partial charge in [0.1, 0.15) is 18.1 Å². The molecule has 1 aliphatic rings. The summed E-state index contributed by atoms with van der Waals surface area (Å²) in [5.74, 6) is 0.914. The number of thiazole rings is 1. The molecule has 0 aliphatic carbocycles.